The van der Waals surface area contributed by atoms with Crippen LogP contribution in [0, 0.1) is 5.92 Å². The van der Waals surface area contributed by atoms with E-state index in [1.165, 1.54) is 19.3 Å². The molecule has 0 spiro atoms. The molecular formula is C20H30N6. The highest BCUT2D eigenvalue weighted by molar-refractivity contribution is 5.60. The molecule has 140 valence electrons. The number of pyridine rings is 1. The maximum Gasteiger partial charge on any atom is 0.225 e. The van der Waals surface area contributed by atoms with Crippen LogP contribution in [-0.2, 0) is 0 Å². The molecule has 0 saturated carbocycles. The molecule has 6 nitrogen and oxygen atoms in total. The monoisotopic (exact) mass is 354 g/mol. The average molecular weight is 355 g/mol. The molecule has 2 aromatic rings. The molecular weight excluding hydrogens is 324 g/mol. The zero-order chi connectivity index (χ0) is 18.2. The number of nitrogens with one attached hydrogen (secondary N) is 3. The van der Waals surface area contributed by atoms with E-state index in [1.54, 1.807) is 6.20 Å². The molecule has 3 N–H and O–H groups in total. The molecule has 1 atom stereocenters. The van der Waals surface area contributed by atoms with Crippen LogP contribution in [-0.4, -0.2) is 40.6 Å². The Kier molecular flexibility index (Phi) is 6.77. The van der Waals surface area contributed by atoms with Crippen LogP contribution in [0.15, 0.2) is 30.5 Å². The molecule has 26 heavy (non-hydrogen) atoms. The van der Waals surface area contributed by atoms with Gasteiger partial charge in [-0.3, -0.25) is 4.98 Å². The number of aromatic nitrogens is 3. The zero-order valence-corrected chi connectivity index (χ0v) is 15.8. The van der Waals surface area contributed by atoms with Crippen molar-refractivity contribution < 1.29 is 0 Å². The minimum Gasteiger partial charge on any atom is -0.370 e. The van der Waals surface area contributed by atoms with E-state index >= 15 is 0 Å². The predicted octanol–water partition coefficient (Wildman–Crippen LogP) is 3.55. The summed E-state index contributed by atoms with van der Waals surface area (Å²) in [5.41, 5.74) is 1.71. The topological polar surface area (TPSA) is 74.8 Å². The van der Waals surface area contributed by atoms with Crippen LogP contribution in [0.25, 0.3) is 11.4 Å². The molecule has 0 radical (unpaired) electrons. The summed E-state index contributed by atoms with van der Waals surface area (Å²) in [7, 11) is 0. The Bertz CT molecular complexity index is 669. The summed E-state index contributed by atoms with van der Waals surface area (Å²) in [6.45, 7) is 7.52. The number of piperidine rings is 1. The first-order valence-electron chi connectivity index (χ1n) is 9.76. The van der Waals surface area contributed by atoms with Crippen LogP contribution >= 0.6 is 0 Å². The third-order valence-corrected chi connectivity index (χ3v) is 4.96. The van der Waals surface area contributed by atoms with E-state index in [4.69, 9.17) is 0 Å². The second-order valence-corrected chi connectivity index (χ2v) is 7.04. The summed E-state index contributed by atoms with van der Waals surface area (Å²) in [5, 5.41) is 10.3. The van der Waals surface area contributed by atoms with Crippen LogP contribution in [0.1, 0.15) is 39.5 Å². The fourth-order valence-electron chi connectivity index (χ4n) is 3.15. The Morgan fingerprint density at radius 3 is 2.77 bits per heavy atom. The van der Waals surface area contributed by atoms with E-state index < -0.39 is 0 Å². The van der Waals surface area contributed by atoms with Gasteiger partial charge in [-0.2, -0.15) is 4.98 Å². The lowest BCUT2D eigenvalue weighted by molar-refractivity contribution is 0.361. The van der Waals surface area contributed by atoms with Gasteiger partial charge in [-0.1, -0.05) is 13.0 Å². The first-order chi connectivity index (χ1) is 12.7. The minimum absolute atomic E-state index is 0.330. The van der Waals surface area contributed by atoms with Crippen molar-refractivity contribution in [3.8, 4) is 11.4 Å². The molecule has 0 bridgehead atoms. The summed E-state index contributed by atoms with van der Waals surface area (Å²) in [4.78, 5) is 13.7. The minimum atomic E-state index is 0.330. The van der Waals surface area contributed by atoms with Crippen molar-refractivity contribution in [3.63, 3.8) is 0 Å². The van der Waals surface area contributed by atoms with Gasteiger partial charge in [-0.25, -0.2) is 4.98 Å². The van der Waals surface area contributed by atoms with Gasteiger partial charge in [0.25, 0.3) is 0 Å². The summed E-state index contributed by atoms with van der Waals surface area (Å²) < 4.78 is 0. The van der Waals surface area contributed by atoms with Gasteiger partial charge < -0.3 is 16.0 Å². The highest BCUT2D eigenvalue weighted by Gasteiger charge is 2.13. The molecule has 3 rings (SSSR count). The Balaban J connectivity index is 1.71. The summed E-state index contributed by atoms with van der Waals surface area (Å²) >= 11 is 0. The van der Waals surface area contributed by atoms with Crippen molar-refractivity contribution in [2.24, 2.45) is 5.92 Å². The van der Waals surface area contributed by atoms with Crippen LogP contribution < -0.4 is 16.0 Å². The number of anilines is 2. The average Bonchev–Trinajstić information content (AvgIpc) is 2.69. The third kappa shape index (κ3) is 5.39. The van der Waals surface area contributed by atoms with Crippen molar-refractivity contribution in [2.75, 3.05) is 30.3 Å². The van der Waals surface area contributed by atoms with Crippen molar-refractivity contribution >= 4 is 11.8 Å². The lowest BCUT2D eigenvalue weighted by Crippen LogP contribution is -2.28. The second kappa shape index (κ2) is 9.48. The van der Waals surface area contributed by atoms with E-state index in [1.807, 2.05) is 24.3 Å². The van der Waals surface area contributed by atoms with Gasteiger partial charge >= 0.3 is 0 Å². The summed E-state index contributed by atoms with van der Waals surface area (Å²) in [6, 6.07) is 8.20. The van der Waals surface area contributed by atoms with Crippen molar-refractivity contribution in [1.29, 1.82) is 0 Å². The van der Waals surface area contributed by atoms with Gasteiger partial charge in [-0.05, 0) is 63.7 Å². The lowest BCUT2D eigenvalue weighted by Gasteiger charge is -2.22. The standard InChI is InChI=1S/C20H30N6/c1-3-15(2)24-20-25-18(17-6-4-5-10-22-17)14-19(26-20)23-13-9-16-7-11-21-12-8-16/h4-6,10,14-16,21H,3,7-9,11-13H2,1-2H3,(H2,23,24,25,26)/t15-/m1/s1. The zero-order valence-electron chi connectivity index (χ0n) is 15.8. The Morgan fingerprint density at radius 1 is 1.19 bits per heavy atom. The molecule has 1 aliphatic heterocycles. The lowest BCUT2D eigenvalue weighted by atomic mass is 9.95. The summed E-state index contributed by atoms with van der Waals surface area (Å²) in [5.74, 6) is 2.32. The van der Waals surface area contributed by atoms with Gasteiger partial charge in [0.15, 0.2) is 0 Å². The number of hydrogen-bond donors (Lipinski definition) is 3. The molecule has 1 aliphatic rings. The van der Waals surface area contributed by atoms with Crippen LogP contribution in [0.5, 0.6) is 0 Å². The van der Waals surface area contributed by atoms with Gasteiger partial charge in [0.2, 0.25) is 5.95 Å². The van der Waals surface area contributed by atoms with Crippen molar-refractivity contribution in [3.05, 3.63) is 30.5 Å². The van der Waals surface area contributed by atoms with Crippen molar-refractivity contribution in [1.82, 2.24) is 20.3 Å². The second-order valence-electron chi connectivity index (χ2n) is 7.04. The first-order valence-corrected chi connectivity index (χ1v) is 9.76. The Labute approximate surface area is 156 Å². The smallest absolute Gasteiger partial charge is 0.225 e. The fraction of sp³-hybridized carbons (Fsp3) is 0.550. The highest BCUT2D eigenvalue weighted by Crippen LogP contribution is 2.21. The van der Waals surface area contributed by atoms with Crippen LogP contribution in [0.2, 0.25) is 0 Å². The van der Waals surface area contributed by atoms with Gasteiger partial charge in [0.05, 0.1) is 11.4 Å². The van der Waals surface area contributed by atoms with Gasteiger partial charge in [-0.15, -0.1) is 0 Å². The number of nitrogens with zero attached hydrogens (tertiary/aromatic N) is 3. The largest absolute Gasteiger partial charge is 0.370 e. The highest BCUT2D eigenvalue weighted by atomic mass is 15.2. The normalized spacial score (nSPS) is 16.2. The SMILES string of the molecule is CC[C@@H](C)Nc1nc(NCCC2CCNCC2)cc(-c2ccccn2)n1. The molecule has 3 heterocycles. The molecule has 0 aliphatic carbocycles. The van der Waals surface area contributed by atoms with E-state index in [0.717, 1.165) is 49.2 Å². The Hall–Kier alpha value is -2.21. The van der Waals surface area contributed by atoms with E-state index in [2.05, 4.69) is 44.7 Å². The van der Waals surface area contributed by atoms with E-state index in [0.29, 0.717) is 12.0 Å². The van der Waals surface area contributed by atoms with Crippen LogP contribution in [0.4, 0.5) is 11.8 Å². The molecule has 0 aromatic carbocycles. The maximum atomic E-state index is 4.66. The third-order valence-electron chi connectivity index (χ3n) is 4.96. The van der Waals surface area contributed by atoms with Gasteiger partial charge in [0.1, 0.15) is 5.82 Å². The molecule has 0 amide bonds. The Morgan fingerprint density at radius 2 is 2.04 bits per heavy atom. The maximum absolute atomic E-state index is 4.66. The van der Waals surface area contributed by atoms with Gasteiger partial charge in [0, 0.05) is 24.8 Å². The molecule has 2 aromatic heterocycles. The quantitative estimate of drug-likeness (QED) is 0.673. The molecule has 6 heteroatoms. The van der Waals surface area contributed by atoms with Crippen LogP contribution in [0.3, 0.4) is 0 Å². The first kappa shape index (κ1) is 18.6. The molecule has 1 fully saturated rings. The number of rotatable bonds is 8. The fourth-order valence-corrected chi connectivity index (χ4v) is 3.15. The van der Waals surface area contributed by atoms with E-state index in [-0.39, 0.29) is 0 Å². The van der Waals surface area contributed by atoms with Crippen molar-refractivity contribution in [2.45, 2.75) is 45.6 Å². The molecule has 0 unspecified atom stereocenters. The molecule has 1 saturated heterocycles. The van der Waals surface area contributed by atoms with E-state index in [9.17, 15) is 0 Å². The predicted molar refractivity (Wildman–Crippen MR) is 107 cm³/mol. The summed E-state index contributed by atoms with van der Waals surface area (Å²) in [6.07, 6.45) is 6.54. The number of hydrogen-bond acceptors (Lipinski definition) is 6.